The maximum atomic E-state index is 12.4. The molecule has 5 heteroatoms. The van der Waals surface area contributed by atoms with Gasteiger partial charge in [-0.3, -0.25) is 0 Å². The molecule has 4 nitrogen and oxygen atoms in total. The van der Waals surface area contributed by atoms with Crippen LogP contribution in [-0.4, -0.2) is 15.5 Å². The highest BCUT2D eigenvalue weighted by molar-refractivity contribution is 7.91. The summed E-state index contributed by atoms with van der Waals surface area (Å²) in [4.78, 5) is 0.325. The van der Waals surface area contributed by atoms with E-state index in [-0.39, 0.29) is 15.5 Å². The molecule has 1 aliphatic rings. The fourth-order valence-electron chi connectivity index (χ4n) is 1.95. The summed E-state index contributed by atoms with van der Waals surface area (Å²) in [5.74, 6) is 0.985. The molecule has 3 rings (SSSR count). The molecule has 18 heavy (non-hydrogen) atoms. The first kappa shape index (κ1) is 11.1. The van der Waals surface area contributed by atoms with E-state index in [0.717, 1.165) is 0 Å². The van der Waals surface area contributed by atoms with E-state index in [2.05, 4.69) is 0 Å². The molecule has 2 aromatic carbocycles. The highest BCUT2D eigenvalue weighted by Gasteiger charge is 2.32. The Hall–Kier alpha value is -2.01. The normalized spacial score (nSPS) is 15.2. The zero-order valence-corrected chi connectivity index (χ0v) is 10.4. The Kier molecular flexibility index (Phi) is 2.31. The number of para-hydroxylation sites is 2. The molecule has 0 unspecified atom stereocenters. The molecule has 0 radical (unpaired) electrons. The molecular formula is C13H10O4S. The van der Waals surface area contributed by atoms with Crippen LogP contribution in [0.25, 0.3) is 0 Å². The third-order valence-electron chi connectivity index (χ3n) is 2.80. The van der Waals surface area contributed by atoms with E-state index in [0.29, 0.717) is 11.5 Å². The SMILES string of the molecule is COc1cccc2c1Oc1ccccc1S2(=O)=O. The van der Waals surface area contributed by atoms with E-state index in [4.69, 9.17) is 9.47 Å². The molecule has 1 aliphatic heterocycles. The van der Waals surface area contributed by atoms with E-state index in [1.165, 1.54) is 19.2 Å². The summed E-state index contributed by atoms with van der Waals surface area (Å²) in [6, 6.07) is 11.4. The van der Waals surface area contributed by atoms with Gasteiger partial charge in [-0.25, -0.2) is 8.42 Å². The van der Waals surface area contributed by atoms with Crippen LogP contribution in [0.15, 0.2) is 52.3 Å². The summed E-state index contributed by atoms with van der Waals surface area (Å²) in [7, 11) is -2.06. The summed E-state index contributed by atoms with van der Waals surface area (Å²) in [5, 5.41) is 0. The van der Waals surface area contributed by atoms with Crippen molar-refractivity contribution in [2.45, 2.75) is 9.79 Å². The van der Waals surface area contributed by atoms with Crippen molar-refractivity contribution in [3.63, 3.8) is 0 Å². The fraction of sp³-hybridized carbons (Fsp3) is 0.0769. The van der Waals surface area contributed by atoms with E-state index >= 15 is 0 Å². The van der Waals surface area contributed by atoms with Crippen LogP contribution in [0.2, 0.25) is 0 Å². The minimum absolute atomic E-state index is 0.139. The minimum Gasteiger partial charge on any atom is -0.493 e. The molecule has 0 amide bonds. The predicted molar refractivity (Wildman–Crippen MR) is 65.0 cm³/mol. The van der Waals surface area contributed by atoms with E-state index in [9.17, 15) is 8.42 Å². The Balaban J connectivity index is 2.35. The lowest BCUT2D eigenvalue weighted by Gasteiger charge is -2.21. The van der Waals surface area contributed by atoms with Crippen molar-refractivity contribution in [1.29, 1.82) is 0 Å². The second-order valence-electron chi connectivity index (χ2n) is 3.84. The highest BCUT2D eigenvalue weighted by Crippen LogP contribution is 2.46. The number of ether oxygens (including phenoxy) is 2. The number of rotatable bonds is 1. The standard InChI is InChI=1S/C13H10O4S/c1-16-10-6-4-8-12-13(10)17-9-5-2-3-7-11(9)18(12,14)15/h2-8H,1H3. The largest absolute Gasteiger partial charge is 0.493 e. The molecular weight excluding hydrogens is 252 g/mol. The summed E-state index contributed by atoms with van der Waals surface area (Å²) in [6.45, 7) is 0. The summed E-state index contributed by atoms with van der Waals surface area (Å²) in [6.07, 6.45) is 0. The zero-order chi connectivity index (χ0) is 12.8. The second-order valence-corrected chi connectivity index (χ2v) is 5.73. The second kappa shape index (κ2) is 3.74. The molecule has 0 spiro atoms. The molecule has 0 bridgehead atoms. The van der Waals surface area contributed by atoms with Crippen LogP contribution in [-0.2, 0) is 9.84 Å². The first-order valence-corrected chi connectivity index (χ1v) is 6.82. The molecule has 0 saturated carbocycles. The summed E-state index contributed by atoms with van der Waals surface area (Å²) < 4.78 is 35.6. The van der Waals surface area contributed by atoms with Gasteiger partial charge in [-0.1, -0.05) is 18.2 Å². The quantitative estimate of drug-likeness (QED) is 0.676. The predicted octanol–water partition coefficient (Wildman–Crippen LogP) is 2.63. The van der Waals surface area contributed by atoms with Gasteiger partial charge in [0.1, 0.15) is 15.5 Å². The van der Waals surface area contributed by atoms with Gasteiger partial charge in [0.05, 0.1) is 7.11 Å². The molecule has 0 aromatic heterocycles. The lowest BCUT2D eigenvalue weighted by Crippen LogP contribution is -2.11. The molecule has 92 valence electrons. The van der Waals surface area contributed by atoms with Crippen LogP contribution >= 0.6 is 0 Å². The van der Waals surface area contributed by atoms with Gasteiger partial charge in [0.2, 0.25) is 9.84 Å². The first-order valence-electron chi connectivity index (χ1n) is 5.33. The Morgan fingerprint density at radius 3 is 2.50 bits per heavy atom. The zero-order valence-electron chi connectivity index (χ0n) is 9.58. The molecule has 2 aromatic rings. The average Bonchev–Trinajstić information content (AvgIpc) is 2.38. The van der Waals surface area contributed by atoms with Gasteiger partial charge in [-0.05, 0) is 24.3 Å². The average molecular weight is 262 g/mol. The third kappa shape index (κ3) is 1.41. The van der Waals surface area contributed by atoms with Crippen LogP contribution in [0.4, 0.5) is 0 Å². The molecule has 0 saturated heterocycles. The van der Waals surface area contributed by atoms with E-state index < -0.39 is 9.84 Å². The number of methoxy groups -OCH3 is 1. The molecule has 1 heterocycles. The number of hydrogen-bond acceptors (Lipinski definition) is 4. The molecule has 0 N–H and O–H groups in total. The van der Waals surface area contributed by atoms with Crippen molar-refractivity contribution >= 4 is 9.84 Å². The van der Waals surface area contributed by atoms with Gasteiger partial charge in [-0.15, -0.1) is 0 Å². The lowest BCUT2D eigenvalue weighted by molar-refractivity contribution is 0.365. The van der Waals surface area contributed by atoms with Crippen LogP contribution in [0.1, 0.15) is 0 Å². The van der Waals surface area contributed by atoms with Gasteiger partial charge in [0, 0.05) is 0 Å². The molecule has 0 atom stereocenters. The van der Waals surface area contributed by atoms with Crippen LogP contribution in [0, 0.1) is 0 Å². The van der Waals surface area contributed by atoms with Crippen LogP contribution < -0.4 is 9.47 Å². The molecule has 0 fully saturated rings. The monoisotopic (exact) mass is 262 g/mol. The summed E-state index contributed by atoms with van der Waals surface area (Å²) in [5.41, 5.74) is 0. The number of benzene rings is 2. The lowest BCUT2D eigenvalue weighted by atomic mass is 10.3. The maximum Gasteiger partial charge on any atom is 0.214 e. The smallest absolute Gasteiger partial charge is 0.214 e. The number of fused-ring (bicyclic) bond motifs is 2. The Bertz CT molecular complexity index is 720. The topological polar surface area (TPSA) is 52.6 Å². The molecule has 0 aliphatic carbocycles. The maximum absolute atomic E-state index is 12.4. The Labute approximate surface area is 105 Å². The van der Waals surface area contributed by atoms with Gasteiger partial charge >= 0.3 is 0 Å². The third-order valence-corrected chi connectivity index (χ3v) is 4.62. The van der Waals surface area contributed by atoms with Crippen LogP contribution in [0.5, 0.6) is 17.2 Å². The van der Waals surface area contributed by atoms with Crippen molar-refractivity contribution in [2.75, 3.05) is 7.11 Å². The van der Waals surface area contributed by atoms with Gasteiger partial charge in [0.15, 0.2) is 11.5 Å². The Morgan fingerprint density at radius 2 is 1.72 bits per heavy atom. The van der Waals surface area contributed by atoms with Gasteiger partial charge < -0.3 is 9.47 Å². The fourth-order valence-corrected chi connectivity index (χ4v) is 3.47. The highest BCUT2D eigenvalue weighted by atomic mass is 32.2. The van der Waals surface area contributed by atoms with Crippen molar-refractivity contribution in [3.8, 4) is 17.2 Å². The Morgan fingerprint density at radius 1 is 1.00 bits per heavy atom. The summed E-state index contributed by atoms with van der Waals surface area (Å²) >= 11 is 0. The van der Waals surface area contributed by atoms with Crippen molar-refractivity contribution in [3.05, 3.63) is 42.5 Å². The van der Waals surface area contributed by atoms with E-state index in [1.54, 1.807) is 30.3 Å². The first-order chi connectivity index (χ1) is 8.64. The van der Waals surface area contributed by atoms with E-state index in [1.807, 2.05) is 0 Å². The minimum atomic E-state index is -3.54. The number of hydrogen-bond donors (Lipinski definition) is 0. The van der Waals surface area contributed by atoms with Gasteiger partial charge in [-0.2, -0.15) is 0 Å². The number of sulfone groups is 1. The van der Waals surface area contributed by atoms with Crippen LogP contribution in [0.3, 0.4) is 0 Å². The van der Waals surface area contributed by atoms with Crippen molar-refractivity contribution in [1.82, 2.24) is 0 Å². The van der Waals surface area contributed by atoms with Crippen molar-refractivity contribution < 1.29 is 17.9 Å². The van der Waals surface area contributed by atoms with Gasteiger partial charge in [0.25, 0.3) is 0 Å². The van der Waals surface area contributed by atoms with Crippen molar-refractivity contribution in [2.24, 2.45) is 0 Å².